The Kier molecular flexibility index (Phi) is 5.57. The fourth-order valence-corrected chi connectivity index (χ4v) is 3.26. The Morgan fingerprint density at radius 1 is 1.28 bits per heavy atom. The summed E-state index contributed by atoms with van der Waals surface area (Å²) in [4.78, 5) is 15.8. The zero-order chi connectivity index (χ0) is 17.6. The summed E-state index contributed by atoms with van der Waals surface area (Å²) in [7, 11) is 1.32. The van der Waals surface area contributed by atoms with Crippen LogP contribution in [0.2, 0.25) is 0 Å². The van der Waals surface area contributed by atoms with Crippen molar-refractivity contribution in [1.29, 1.82) is 0 Å². The number of benzene rings is 1. The lowest BCUT2D eigenvalue weighted by atomic mass is 10.2. The minimum atomic E-state index is -0.496. The van der Waals surface area contributed by atoms with Crippen LogP contribution in [0.25, 0.3) is 0 Å². The third-order valence-electron chi connectivity index (χ3n) is 3.64. The standard InChI is InChI=1S/C18H18N2O4S/c1-23-17(22)16-8-7-15(24-16)12-25-18-19-9-14(11-21)20(18)10-13-5-3-2-4-6-13/h2-9,21H,10-12H2,1H3. The molecule has 25 heavy (non-hydrogen) atoms. The van der Waals surface area contributed by atoms with E-state index in [2.05, 4.69) is 9.72 Å². The number of aliphatic hydroxyl groups excluding tert-OH is 1. The molecule has 0 bridgehead atoms. The van der Waals surface area contributed by atoms with E-state index < -0.39 is 5.97 Å². The lowest BCUT2D eigenvalue weighted by molar-refractivity contribution is 0.0563. The first-order valence-electron chi connectivity index (χ1n) is 7.70. The molecule has 3 rings (SSSR count). The van der Waals surface area contributed by atoms with Crippen molar-refractivity contribution < 1.29 is 19.1 Å². The molecule has 3 aromatic rings. The molecule has 0 atom stereocenters. The average Bonchev–Trinajstić information content (AvgIpc) is 3.27. The quantitative estimate of drug-likeness (QED) is 0.517. The highest BCUT2D eigenvalue weighted by molar-refractivity contribution is 7.98. The molecule has 0 radical (unpaired) electrons. The summed E-state index contributed by atoms with van der Waals surface area (Å²) in [6.07, 6.45) is 1.67. The van der Waals surface area contributed by atoms with Crippen molar-refractivity contribution in [3.05, 3.63) is 71.4 Å². The third-order valence-corrected chi connectivity index (χ3v) is 4.65. The molecule has 7 heteroatoms. The van der Waals surface area contributed by atoms with Crippen molar-refractivity contribution in [2.45, 2.75) is 24.1 Å². The van der Waals surface area contributed by atoms with Gasteiger partial charge >= 0.3 is 5.97 Å². The number of methoxy groups -OCH3 is 1. The molecule has 1 N–H and O–H groups in total. The first-order chi connectivity index (χ1) is 12.2. The van der Waals surface area contributed by atoms with Crippen LogP contribution in [0, 0.1) is 0 Å². The first kappa shape index (κ1) is 17.3. The molecule has 0 fully saturated rings. The van der Waals surface area contributed by atoms with Crippen molar-refractivity contribution >= 4 is 17.7 Å². The second kappa shape index (κ2) is 8.04. The van der Waals surface area contributed by atoms with Crippen LogP contribution in [0.3, 0.4) is 0 Å². The van der Waals surface area contributed by atoms with Crippen molar-refractivity contribution in [1.82, 2.24) is 9.55 Å². The molecular weight excluding hydrogens is 340 g/mol. The number of rotatable bonds is 7. The van der Waals surface area contributed by atoms with Crippen molar-refractivity contribution in [2.24, 2.45) is 0 Å². The highest BCUT2D eigenvalue weighted by atomic mass is 32.2. The maximum atomic E-state index is 11.4. The summed E-state index contributed by atoms with van der Waals surface area (Å²) in [6, 6.07) is 13.3. The average molecular weight is 358 g/mol. The minimum Gasteiger partial charge on any atom is -0.463 e. The SMILES string of the molecule is COC(=O)c1ccc(CSc2ncc(CO)n2Cc2ccccc2)o1. The largest absolute Gasteiger partial charge is 0.463 e. The minimum absolute atomic E-state index is 0.0758. The van der Waals surface area contributed by atoms with Gasteiger partial charge in [0.2, 0.25) is 5.76 Å². The van der Waals surface area contributed by atoms with Gasteiger partial charge in [-0.05, 0) is 17.7 Å². The highest BCUT2D eigenvalue weighted by Gasteiger charge is 2.14. The van der Waals surface area contributed by atoms with Gasteiger partial charge in [0.05, 0.1) is 31.4 Å². The zero-order valence-corrected chi connectivity index (χ0v) is 14.5. The molecule has 0 aliphatic carbocycles. The predicted molar refractivity (Wildman–Crippen MR) is 93.3 cm³/mol. The Labute approximate surface area is 149 Å². The van der Waals surface area contributed by atoms with Crippen molar-refractivity contribution in [2.75, 3.05) is 7.11 Å². The summed E-state index contributed by atoms with van der Waals surface area (Å²) in [5, 5.41) is 10.3. The lowest BCUT2D eigenvalue weighted by Crippen LogP contribution is -2.06. The molecule has 0 spiro atoms. The van der Waals surface area contributed by atoms with Gasteiger partial charge in [-0.15, -0.1) is 0 Å². The van der Waals surface area contributed by atoms with E-state index in [0.29, 0.717) is 18.1 Å². The number of carbonyl (C=O) groups is 1. The third kappa shape index (κ3) is 4.12. The number of hydrogen-bond donors (Lipinski definition) is 1. The van der Waals surface area contributed by atoms with Crippen LogP contribution < -0.4 is 0 Å². The number of carbonyl (C=O) groups excluding carboxylic acids is 1. The molecule has 0 aliphatic rings. The molecule has 0 saturated carbocycles. The zero-order valence-electron chi connectivity index (χ0n) is 13.7. The molecule has 6 nitrogen and oxygen atoms in total. The van der Waals surface area contributed by atoms with E-state index in [1.807, 2.05) is 34.9 Å². The molecule has 2 aromatic heterocycles. The fourth-order valence-electron chi connectivity index (χ4n) is 2.37. The number of aromatic nitrogens is 2. The molecule has 1 aromatic carbocycles. The van der Waals surface area contributed by atoms with E-state index in [-0.39, 0.29) is 12.4 Å². The van der Waals surface area contributed by atoms with Crippen LogP contribution in [0.4, 0.5) is 0 Å². The summed E-state index contributed by atoms with van der Waals surface area (Å²) < 4.78 is 12.1. The van der Waals surface area contributed by atoms with E-state index in [1.54, 1.807) is 18.3 Å². The maximum Gasteiger partial charge on any atom is 0.373 e. The van der Waals surface area contributed by atoms with Crippen LogP contribution in [0.1, 0.15) is 27.6 Å². The van der Waals surface area contributed by atoms with E-state index in [9.17, 15) is 9.90 Å². The van der Waals surface area contributed by atoms with Crippen molar-refractivity contribution in [3.63, 3.8) is 0 Å². The van der Waals surface area contributed by atoms with Gasteiger partial charge in [-0.3, -0.25) is 0 Å². The van der Waals surface area contributed by atoms with Crippen molar-refractivity contribution in [3.8, 4) is 0 Å². The van der Waals surface area contributed by atoms with E-state index in [1.165, 1.54) is 18.9 Å². The number of imidazole rings is 1. The molecule has 0 saturated heterocycles. The topological polar surface area (TPSA) is 77.5 Å². The molecule has 2 heterocycles. The summed E-state index contributed by atoms with van der Waals surface area (Å²) >= 11 is 1.48. The highest BCUT2D eigenvalue weighted by Crippen LogP contribution is 2.25. The smallest absolute Gasteiger partial charge is 0.373 e. The second-order valence-electron chi connectivity index (χ2n) is 5.31. The van der Waals surface area contributed by atoms with Crippen LogP contribution >= 0.6 is 11.8 Å². The summed E-state index contributed by atoms with van der Waals surface area (Å²) in [5.41, 5.74) is 1.88. The predicted octanol–water partition coefficient (Wildman–Crippen LogP) is 3.10. The molecular formula is C18H18N2O4S. The molecule has 0 unspecified atom stereocenters. The molecule has 0 aliphatic heterocycles. The number of esters is 1. The van der Waals surface area contributed by atoms with Gasteiger partial charge in [-0.2, -0.15) is 0 Å². The maximum absolute atomic E-state index is 11.4. The normalized spacial score (nSPS) is 10.8. The lowest BCUT2D eigenvalue weighted by Gasteiger charge is -2.10. The number of ether oxygens (including phenoxy) is 1. The number of thioether (sulfide) groups is 1. The van der Waals surface area contributed by atoms with Crippen LogP contribution in [0.15, 0.2) is 58.2 Å². The fraction of sp³-hybridized carbons (Fsp3) is 0.222. The number of nitrogens with zero attached hydrogens (tertiary/aromatic N) is 2. The Morgan fingerprint density at radius 2 is 2.08 bits per heavy atom. The first-order valence-corrected chi connectivity index (χ1v) is 8.69. The number of furan rings is 1. The van der Waals surface area contributed by atoms with E-state index >= 15 is 0 Å². The summed E-state index contributed by atoms with van der Waals surface area (Å²) in [5.74, 6) is 0.865. The van der Waals surface area contributed by atoms with E-state index in [0.717, 1.165) is 16.4 Å². The molecule has 130 valence electrons. The Morgan fingerprint density at radius 3 is 2.80 bits per heavy atom. The van der Waals surface area contributed by atoms with Crippen LogP contribution in [-0.2, 0) is 23.6 Å². The van der Waals surface area contributed by atoms with E-state index in [4.69, 9.17) is 4.42 Å². The van der Waals surface area contributed by atoms with Crippen LogP contribution in [-0.4, -0.2) is 27.7 Å². The van der Waals surface area contributed by atoms with Gasteiger partial charge < -0.3 is 18.8 Å². The number of hydrogen-bond acceptors (Lipinski definition) is 6. The number of aliphatic hydroxyl groups is 1. The van der Waals surface area contributed by atoms with Gasteiger partial charge in [-0.25, -0.2) is 9.78 Å². The van der Waals surface area contributed by atoms with Gasteiger partial charge in [-0.1, -0.05) is 42.1 Å². The monoisotopic (exact) mass is 358 g/mol. The van der Waals surface area contributed by atoms with Gasteiger partial charge in [0.15, 0.2) is 5.16 Å². The van der Waals surface area contributed by atoms with Gasteiger partial charge in [0.1, 0.15) is 5.76 Å². The Hall–Kier alpha value is -2.51. The Balaban J connectivity index is 1.73. The second-order valence-corrected chi connectivity index (χ2v) is 6.25. The summed E-state index contributed by atoms with van der Waals surface area (Å²) in [6.45, 7) is 0.554. The van der Waals surface area contributed by atoms with Crippen LogP contribution in [0.5, 0.6) is 0 Å². The van der Waals surface area contributed by atoms with Gasteiger partial charge in [0.25, 0.3) is 0 Å². The Bertz CT molecular complexity index is 842. The van der Waals surface area contributed by atoms with Gasteiger partial charge in [0, 0.05) is 6.54 Å². The molecule has 0 amide bonds.